The summed E-state index contributed by atoms with van der Waals surface area (Å²) in [5.74, 6) is -0.606. The van der Waals surface area contributed by atoms with Gasteiger partial charge in [0.2, 0.25) is 5.95 Å². The molecule has 1 saturated heterocycles. The van der Waals surface area contributed by atoms with Crippen LogP contribution < -0.4 is 10.6 Å². The van der Waals surface area contributed by atoms with Crippen LogP contribution in [0.15, 0.2) is 6.20 Å². The van der Waals surface area contributed by atoms with E-state index >= 15 is 0 Å². The second-order valence-corrected chi connectivity index (χ2v) is 7.58. The Bertz CT molecular complexity index is 921. The number of carbonyl (C=O) groups is 1. The maximum Gasteiger partial charge on any atom is 0.421 e. The van der Waals surface area contributed by atoms with Crippen LogP contribution in [0.3, 0.4) is 0 Å². The third-order valence-electron chi connectivity index (χ3n) is 4.52. The van der Waals surface area contributed by atoms with Gasteiger partial charge in [0.05, 0.1) is 6.61 Å². The molecule has 1 saturated carbocycles. The average molecular weight is 420 g/mol. The summed E-state index contributed by atoms with van der Waals surface area (Å²) in [5.41, 5.74) is -1.69. The molecule has 2 aromatic heterocycles. The number of ether oxygens (including phenoxy) is 1. The van der Waals surface area contributed by atoms with E-state index in [1.54, 1.807) is 6.92 Å². The molecular weight excluding hydrogens is 407 g/mol. The van der Waals surface area contributed by atoms with Crippen molar-refractivity contribution in [2.75, 3.05) is 23.8 Å². The van der Waals surface area contributed by atoms with Gasteiger partial charge in [-0.25, -0.2) is 9.97 Å². The van der Waals surface area contributed by atoms with Gasteiger partial charge < -0.3 is 15.4 Å². The van der Waals surface area contributed by atoms with Gasteiger partial charge >= 0.3 is 12.1 Å². The van der Waals surface area contributed by atoms with Gasteiger partial charge in [-0.3, -0.25) is 4.79 Å². The van der Waals surface area contributed by atoms with Gasteiger partial charge in [-0.1, -0.05) is 22.9 Å². The molecule has 0 radical (unpaired) electrons. The van der Waals surface area contributed by atoms with Gasteiger partial charge in [0.1, 0.15) is 26.8 Å². The number of anilines is 3. The summed E-state index contributed by atoms with van der Waals surface area (Å²) in [4.78, 5) is 23.9. The number of fused-ring (bicyclic) bond motifs is 1. The van der Waals surface area contributed by atoms with Crippen LogP contribution in [-0.2, 0) is 21.1 Å². The Morgan fingerprint density at radius 2 is 2.22 bits per heavy atom. The lowest BCUT2D eigenvalue weighted by Gasteiger charge is -2.13. The van der Waals surface area contributed by atoms with Gasteiger partial charge in [-0.2, -0.15) is 18.2 Å². The van der Waals surface area contributed by atoms with Crippen molar-refractivity contribution in [2.45, 2.75) is 24.9 Å². The SMILES string of the molecule is CCNc1nc(Nc2sc([C@]34C[C@H]3COC4=O)nc2Cl)ncc1C(F)(F)F. The number of rotatable bonds is 5. The Hall–Kier alpha value is -2.14. The molecule has 2 fully saturated rings. The molecule has 1 aliphatic heterocycles. The molecule has 2 aromatic rings. The molecule has 2 aliphatic rings. The minimum atomic E-state index is -4.58. The third kappa shape index (κ3) is 2.98. The first-order valence-corrected chi connectivity index (χ1v) is 9.24. The number of thiazole rings is 1. The Kier molecular flexibility index (Phi) is 4.18. The standard InChI is InChI=1S/C15H13ClF3N5O2S/c1-2-20-9-7(15(17,18)19)4-21-13(23-9)24-10-8(16)22-11(27-10)14-3-6(14)5-26-12(14)25/h4,6H,2-3,5H2,1H3,(H2,20,21,23,24)/t6-,14-/m0/s1. The first kappa shape index (κ1) is 18.2. The van der Waals surface area contributed by atoms with Crippen LogP contribution in [0.2, 0.25) is 5.15 Å². The summed E-state index contributed by atoms with van der Waals surface area (Å²) >= 11 is 7.29. The van der Waals surface area contributed by atoms with Crippen molar-refractivity contribution in [1.29, 1.82) is 0 Å². The van der Waals surface area contributed by atoms with Crippen LogP contribution in [0.4, 0.5) is 29.9 Å². The second kappa shape index (κ2) is 6.20. The molecule has 12 heteroatoms. The highest BCUT2D eigenvalue weighted by atomic mass is 35.5. The van der Waals surface area contributed by atoms with E-state index in [0.29, 0.717) is 29.2 Å². The van der Waals surface area contributed by atoms with E-state index in [0.717, 1.165) is 11.3 Å². The summed E-state index contributed by atoms with van der Waals surface area (Å²) in [6.45, 7) is 2.29. The van der Waals surface area contributed by atoms with E-state index in [2.05, 4.69) is 25.6 Å². The van der Waals surface area contributed by atoms with Crippen molar-refractivity contribution in [2.24, 2.45) is 5.92 Å². The highest BCUT2D eigenvalue weighted by molar-refractivity contribution is 7.16. The maximum atomic E-state index is 13.0. The number of esters is 1. The number of carbonyl (C=O) groups excluding carboxylic acids is 1. The van der Waals surface area contributed by atoms with Crippen molar-refractivity contribution in [3.63, 3.8) is 0 Å². The zero-order valence-electron chi connectivity index (χ0n) is 13.9. The normalized spacial score (nSPS) is 23.7. The molecule has 2 atom stereocenters. The first-order valence-electron chi connectivity index (χ1n) is 8.05. The van der Waals surface area contributed by atoms with Crippen LogP contribution in [-0.4, -0.2) is 34.1 Å². The average Bonchev–Trinajstić information content (AvgIpc) is 3.10. The minimum absolute atomic E-state index is 0.0603. The minimum Gasteiger partial charge on any atom is -0.465 e. The highest BCUT2D eigenvalue weighted by Gasteiger charge is 2.69. The fraction of sp³-hybridized carbons (Fsp3) is 0.467. The van der Waals surface area contributed by atoms with E-state index in [-0.39, 0.29) is 35.4 Å². The van der Waals surface area contributed by atoms with Crippen LogP contribution in [0.25, 0.3) is 0 Å². The Labute approximate surface area is 160 Å². The lowest BCUT2D eigenvalue weighted by Crippen LogP contribution is -2.18. The topological polar surface area (TPSA) is 89.0 Å². The Morgan fingerprint density at radius 3 is 2.81 bits per heavy atom. The van der Waals surface area contributed by atoms with Crippen LogP contribution in [0, 0.1) is 5.92 Å². The predicted octanol–water partition coefficient (Wildman–Crippen LogP) is 3.60. The fourth-order valence-corrected chi connectivity index (χ4v) is 4.47. The Morgan fingerprint density at radius 1 is 1.44 bits per heavy atom. The molecule has 0 aromatic carbocycles. The summed E-state index contributed by atoms with van der Waals surface area (Å²) in [6, 6.07) is 0. The summed E-state index contributed by atoms with van der Waals surface area (Å²) in [5, 5.41) is 6.35. The maximum absolute atomic E-state index is 13.0. The van der Waals surface area contributed by atoms with Crippen molar-refractivity contribution >= 4 is 45.7 Å². The van der Waals surface area contributed by atoms with Crippen molar-refractivity contribution in [3.05, 3.63) is 21.9 Å². The number of nitrogens with zero attached hydrogens (tertiary/aromatic N) is 3. The highest BCUT2D eigenvalue weighted by Crippen LogP contribution is 2.60. The van der Waals surface area contributed by atoms with Crippen molar-refractivity contribution in [3.8, 4) is 0 Å². The van der Waals surface area contributed by atoms with Crippen LogP contribution in [0.1, 0.15) is 23.9 Å². The molecule has 4 rings (SSSR count). The van der Waals surface area contributed by atoms with E-state index in [1.807, 2.05) is 0 Å². The van der Waals surface area contributed by atoms with Gasteiger partial charge in [0.25, 0.3) is 0 Å². The quantitative estimate of drug-likeness (QED) is 0.716. The van der Waals surface area contributed by atoms with Crippen molar-refractivity contribution in [1.82, 2.24) is 15.0 Å². The van der Waals surface area contributed by atoms with Gasteiger partial charge in [-0.05, 0) is 13.3 Å². The van der Waals surface area contributed by atoms with Crippen molar-refractivity contribution < 1.29 is 22.7 Å². The monoisotopic (exact) mass is 419 g/mol. The molecule has 2 N–H and O–H groups in total. The van der Waals surface area contributed by atoms with Gasteiger partial charge in [0, 0.05) is 18.7 Å². The summed E-state index contributed by atoms with van der Waals surface area (Å²) in [6.07, 6.45) is -3.21. The number of aromatic nitrogens is 3. The van der Waals surface area contributed by atoms with E-state index in [1.165, 1.54) is 0 Å². The largest absolute Gasteiger partial charge is 0.465 e. The van der Waals surface area contributed by atoms with E-state index in [9.17, 15) is 18.0 Å². The number of hydrogen-bond donors (Lipinski definition) is 2. The molecule has 0 amide bonds. The molecule has 7 nitrogen and oxygen atoms in total. The zero-order valence-corrected chi connectivity index (χ0v) is 15.4. The Balaban J connectivity index is 1.62. The molecule has 144 valence electrons. The number of alkyl halides is 3. The van der Waals surface area contributed by atoms with Crippen LogP contribution in [0.5, 0.6) is 0 Å². The van der Waals surface area contributed by atoms with Gasteiger partial charge in [0.15, 0.2) is 5.15 Å². The fourth-order valence-electron chi connectivity index (χ4n) is 3.06. The molecule has 1 aliphatic carbocycles. The molecule has 0 spiro atoms. The molecule has 27 heavy (non-hydrogen) atoms. The third-order valence-corrected chi connectivity index (χ3v) is 6.05. The van der Waals surface area contributed by atoms with E-state index in [4.69, 9.17) is 16.3 Å². The molecule has 0 unspecified atom stereocenters. The zero-order chi connectivity index (χ0) is 19.4. The lowest BCUT2D eigenvalue weighted by atomic mass is 10.1. The van der Waals surface area contributed by atoms with Gasteiger partial charge in [-0.15, -0.1) is 0 Å². The second-order valence-electron chi connectivity index (χ2n) is 6.22. The number of hydrogen-bond acceptors (Lipinski definition) is 8. The number of halogens is 4. The first-order chi connectivity index (χ1) is 12.8. The predicted molar refractivity (Wildman–Crippen MR) is 92.3 cm³/mol. The number of nitrogens with one attached hydrogen (secondary N) is 2. The van der Waals surface area contributed by atoms with E-state index < -0.39 is 17.2 Å². The molecule has 3 heterocycles. The number of cyclic esters (lactones) is 1. The smallest absolute Gasteiger partial charge is 0.421 e. The lowest BCUT2D eigenvalue weighted by molar-refractivity contribution is -0.142. The summed E-state index contributed by atoms with van der Waals surface area (Å²) < 4.78 is 44.2. The molecular formula is C15H13ClF3N5O2S. The van der Waals surface area contributed by atoms with Crippen LogP contribution >= 0.6 is 22.9 Å². The summed E-state index contributed by atoms with van der Waals surface area (Å²) in [7, 11) is 0. The molecule has 0 bridgehead atoms.